The Kier molecular flexibility index (Phi) is 4.05. The van der Waals surface area contributed by atoms with E-state index in [1.165, 1.54) is 23.5 Å². The summed E-state index contributed by atoms with van der Waals surface area (Å²) in [6.07, 6.45) is 0. The van der Waals surface area contributed by atoms with Crippen molar-refractivity contribution >= 4 is 38.9 Å². The van der Waals surface area contributed by atoms with Crippen molar-refractivity contribution in [2.24, 2.45) is 5.73 Å². The number of hydrogen-bond acceptors (Lipinski definition) is 4. The van der Waals surface area contributed by atoms with Crippen molar-refractivity contribution in [3.05, 3.63) is 44.6 Å². The molecule has 4 nitrogen and oxygen atoms in total. The molecule has 0 radical (unpaired) electrons. The molecule has 2 aromatic rings. The molecule has 94 valence electrons. The summed E-state index contributed by atoms with van der Waals surface area (Å²) in [5.41, 5.74) is 6.07. The summed E-state index contributed by atoms with van der Waals surface area (Å²) in [5.74, 6) is -0.818. The fraction of sp³-hybridized carbons (Fsp3) is 0.0909. The van der Waals surface area contributed by atoms with E-state index in [1.54, 1.807) is 11.4 Å². The highest BCUT2D eigenvalue weighted by Crippen LogP contribution is 2.20. The zero-order valence-corrected chi connectivity index (χ0v) is 11.5. The van der Waals surface area contributed by atoms with E-state index < -0.39 is 5.82 Å². The molecule has 1 aromatic heterocycles. The Labute approximate surface area is 115 Å². The molecule has 0 atom stereocenters. The molecule has 0 unspecified atom stereocenters. The fourth-order valence-corrected chi connectivity index (χ4v) is 2.18. The minimum absolute atomic E-state index is 0.281. The topological polar surface area (TPSA) is 68.0 Å². The maximum atomic E-state index is 13.3. The van der Waals surface area contributed by atoms with Crippen molar-refractivity contribution in [2.75, 3.05) is 5.32 Å². The smallest absolute Gasteiger partial charge is 0.275 e. The van der Waals surface area contributed by atoms with Crippen molar-refractivity contribution in [1.82, 2.24) is 4.98 Å². The van der Waals surface area contributed by atoms with Crippen LogP contribution in [0.25, 0.3) is 0 Å². The summed E-state index contributed by atoms with van der Waals surface area (Å²) in [6.45, 7) is 0.296. The number of hydrogen-bond donors (Lipinski definition) is 2. The zero-order valence-electron chi connectivity index (χ0n) is 9.11. The minimum atomic E-state index is -0.436. The first-order valence-corrected chi connectivity index (χ1v) is 6.68. The van der Waals surface area contributed by atoms with Gasteiger partial charge >= 0.3 is 0 Å². The van der Waals surface area contributed by atoms with Crippen molar-refractivity contribution in [3.63, 3.8) is 0 Å². The number of nitrogens with zero attached hydrogens (tertiary/aromatic N) is 1. The Morgan fingerprint density at radius 3 is 2.94 bits per heavy atom. The van der Waals surface area contributed by atoms with Crippen LogP contribution in [0.5, 0.6) is 0 Å². The standard InChI is InChI=1S/C11H9BrFN3OS/c12-7-2-1-6(3-8(7)13)15-11(17)9-5-18-10(4-14)16-9/h1-3,5H,4,14H2,(H,15,17). The number of nitrogens with one attached hydrogen (secondary N) is 1. The number of carbonyl (C=O) groups is 1. The van der Waals surface area contributed by atoms with Crippen LogP contribution in [0.4, 0.5) is 10.1 Å². The molecule has 0 bridgehead atoms. The molecule has 0 saturated carbocycles. The van der Waals surface area contributed by atoms with E-state index in [4.69, 9.17) is 5.73 Å². The van der Waals surface area contributed by atoms with Crippen LogP contribution in [0, 0.1) is 5.82 Å². The molecule has 7 heteroatoms. The van der Waals surface area contributed by atoms with Gasteiger partial charge in [-0.2, -0.15) is 0 Å². The van der Waals surface area contributed by atoms with Gasteiger partial charge in [0.1, 0.15) is 16.5 Å². The van der Waals surface area contributed by atoms with Crippen molar-refractivity contribution in [3.8, 4) is 0 Å². The van der Waals surface area contributed by atoms with Gasteiger partial charge in [-0.25, -0.2) is 9.37 Å². The summed E-state index contributed by atoms with van der Waals surface area (Å²) in [7, 11) is 0. The molecule has 0 aliphatic heterocycles. The van der Waals surface area contributed by atoms with E-state index in [-0.39, 0.29) is 11.6 Å². The summed E-state index contributed by atoms with van der Waals surface area (Å²) < 4.78 is 13.6. The lowest BCUT2D eigenvalue weighted by molar-refractivity contribution is 0.102. The van der Waals surface area contributed by atoms with E-state index in [2.05, 4.69) is 26.2 Å². The summed E-state index contributed by atoms with van der Waals surface area (Å²) >= 11 is 4.36. The number of nitrogens with two attached hydrogens (primary N) is 1. The Hall–Kier alpha value is -1.31. The van der Waals surface area contributed by atoms with Gasteiger partial charge in [0.15, 0.2) is 0 Å². The maximum Gasteiger partial charge on any atom is 0.275 e. The maximum absolute atomic E-state index is 13.3. The quantitative estimate of drug-likeness (QED) is 0.909. The van der Waals surface area contributed by atoms with E-state index in [0.717, 1.165) is 0 Å². The van der Waals surface area contributed by atoms with E-state index in [9.17, 15) is 9.18 Å². The van der Waals surface area contributed by atoms with Gasteiger partial charge in [0.2, 0.25) is 0 Å². The highest BCUT2D eigenvalue weighted by atomic mass is 79.9. The second kappa shape index (κ2) is 5.55. The highest BCUT2D eigenvalue weighted by Gasteiger charge is 2.11. The van der Waals surface area contributed by atoms with Crippen LogP contribution in [0.3, 0.4) is 0 Å². The number of anilines is 1. The van der Waals surface area contributed by atoms with Gasteiger partial charge in [-0.3, -0.25) is 4.79 Å². The SMILES string of the molecule is NCc1nc(C(=O)Nc2ccc(Br)c(F)c2)cs1. The average Bonchev–Trinajstić information content (AvgIpc) is 2.82. The Bertz CT molecular complexity index is 587. The molecular formula is C11H9BrFN3OS. The molecular weight excluding hydrogens is 321 g/mol. The predicted octanol–water partition coefficient (Wildman–Crippen LogP) is 2.76. The first-order valence-electron chi connectivity index (χ1n) is 5.01. The van der Waals surface area contributed by atoms with Crippen LogP contribution in [-0.2, 0) is 6.54 Å². The third kappa shape index (κ3) is 2.92. The van der Waals surface area contributed by atoms with Gasteiger partial charge in [-0.15, -0.1) is 11.3 Å². The third-order valence-corrected chi connectivity index (χ3v) is 3.65. The van der Waals surface area contributed by atoms with Crippen LogP contribution in [0.2, 0.25) is 0 Å². The molecule has 18 heavy (non-hydrogen) atoms. The lowest BCUT2D eigenvalue weighted by Crippen LogP contribution is -2.12. The molecule has 3 N–H and O–H groups in total. The average molecular weight is 330 g/mol. The number of halogens is 2. The van der Waals surface area contributed by atoms with E-state index >= 15 is 0 Å². The minimum Gasteiger partial charge on any atom is -0.325 e. The second-order valence-corrected chi connectivity index (χ2v) is 5.21. The molecule has 0 spiro atoms. The number of benzene rings is 1. The van der Waals surface area contributed by atoms with Crippen LogP contribution < -0.4 is 11.1 Å². The predicted molar refractivity (Wildman–Crippen MR) is 72.1 cm³/mol. The van der Waals surface area contributed by atoms with Crippen LogP contribution in [0.15, 0.2) is 28.1 Å². The number of aromatic nitrogens is 1. The Morgan fingerprint density at radius 2 is 2.33 bits per heavy atom. The van der Waals surface area contributed by atoms with Crippen molar-refractivity contribution in [2.45, 2.75) is 6.54 Å². The Morgan fingerprint density at radius 1 is 1.56 bits per heavy atom. The first kappa shape index (κ1) is 13.1. The number of carbonyl (C=O) groups excluding carboxylic acids is 1. The molecule has 1 heterocycles. The number of amides is 1. The van der Waals surface area contributed by atoms with Gasteiger partial charge in [0.05, 0.1) is 4.47 Å². The van der Waals surface area contributed by atoms with Crippen LogP contribution in [0.1, 0.15) is 15.5 Å². The van der Waals surface area contributed by atoms with Gasteiger partial charge in [0, 0.05) is 17.6 Å². The summed E-state index contributed by atoms with van der Waals surface area (Å²) in [5, 5.41) is 4.87. The van der Waals surface area contributed by atoms with E-state index in [0.29, 0.717) is 21.7 Å². The molecule has 0 aliphatic carbocycles. The van der Waals surface area contributed by atoms with E-state index in [1.807, 2.05) is 0 Å². The molecule has 0 fully saturated rings. The second-order valence-electron chi connectivity index (χ2n) is 3.41. The molecule has 0 aliphatic rings. The van der Waals surface area contributed by atoms with Crippen molar-refractivity contribution in [1.29, 1.82) is 0 Å². The normalized spacial score (nSPS) is 10.4. The molecule has 1 aromatic carbocycles. The number of rotatable bonds is 3. The molecule has 2 rings (SSSR count). The third-order valence-electron chi connectivity index (χ3n) is 2.14. The fourth-order valence-electron chi connectivity index (χ4n) is 1.28. The first-order chi connectivity index (χ1) is 8.60. The molecule has 0 saturated heterocycles. The van der Waals surface area contributed by atoms with Crippen LogP contribution in [-0.4, -0.2) is 10.9 Å². The van der Waals surface area contributed by atoms with Gasteiger partial charge in [-0.05, 0) is 34.1 Å². The zero-order chi connectivity index (χ0) is 13.1. The Balaban J connectivity index is 2.13. The molecule has 1 amide bonds. The summed E-state index contributed by atoms with van der Waals surface area (Å²) in [4.78, 5) is 15.8. The van der Waals surface area contributed by atoms with Gasteiger partial charge in [-0.1, -0.05) is 0 Å². The largest absolute Gasteiger partial charge is 0.325 e. The van der Waals surface area contributed by atoms with Crippen molar-refractivity contribution < 1.29 is 9.18 Å². The monoisotopic (exact) mass is 329 g/mol. The van der Waals surface area contributed by atoms with Gasteiger partial charge < -0.3 is 11.1 Å². The number of thiazole rings is 1. The summed E-state index contributed by atoms with van der Waals surface area (Å²) in [6, 6.07) is 4.36. The lowest BCUT2D eigenvalue weighted by atomic mass is 10.3. The van der Waals surface area contributed by atoms with Gasteiger partial charge in [0.25, 0.3) is 5.91 Å². The van der Waals surface area contributed by atoms with Crippen LogP contribution >= 0.6 is 27.3 Å². The highest BCUT2D eigenvalue weighted by molar-refractivity contribution is 9.10. The lowest BCUT2D eigenvalue weighted by Gasteiger charge is -2.03.